The predicted octanol–water partition coefficient (Wildman–Crippen LogP) is 1.55. The molecule has 82 valence electrons. The van der Waals surface area contributed by atoms with Crippen molar-refractivity contribution in [3.05, 3.63) is 12.5 Å². The van der Waals surface area contributed by atoms with E-state index >= 15 is 0 Å². The van der Waals surface area contributed by atoms with Gasteiger partial charge in [-0.05, 0) is 5.92 Å². The molecule has 2 unspecified atom stereocenters. The first-order valence-corrected chi connectivity index (χ1v) is 5.39. The Kier molecular flexibility index (Phi) is 2.95. The molecule has 0 amide bonds. The molecule has 0 spiro atoms. The monoisotopic (exact) mass is 227 g/mol. The molecule has 2 rings (SSSR count). The van der Waals surface area contributed by atoms with Crippen molar-refractivity contribution >= 4 is 17.4 Å². The largest absolute Gasteiger partial charge is 0.491 e. The van der Waals surface area contributed by atoms with Crippen molar-refractivity contribution < 1.29 is 4.74 Å². The number of alkyl halides is 1. The minimum absolute atomic E-state index is 0.185. The van der Waals surface area contributed by atoms with E-state index in [-0.39, 0.29) is 5.38 Å². The highest BCUT2D eigenvalue weighted by molar-refractivity contribution is 6.21. The lowest BCUT2D eigenvalue weighted by molar-refractivity contribution is 0.410. The first-order chi connectivity index (χ1) is 7.22. The zero-order valence-electron chi connectivity index (χ0n) is 8.85. The minimum atomic E-state index is 0.185. The number of rotatable bonds is 2. The van der Waals surface area contributed by atoms with Crippen molar-refractivity contribution in [3.63, 3.8) is 0 Å². The Morgan fingerprint density at radius 3 is 2.93 bits per heavy atom. The van der Waals surface area contributed by atoms with Crippen LogP contribution in [0.25, 0.3) is 0 Å². The van der Waals surface area contributed by atoms with Crippen LogP contribution in [0.15, 0.2) is 12.5 Å². The summed E-state index contributed by atoms with van der Waals surface area (Å²) in [6.07, 6.45) is 3.21. The van der Waals surface area contributed by atoms with Crippen molar-refractivity contribution in [2.24, 2.45) is 5.92 Å². The summed E-state index contributed by atoms with van der Waals surface area (Å²) in [7, 11) is 1.62. The molecule has 1 saturated heterocycles. The second kappa shape index (κ2) is 4.23. The van der Waals surface area contributed by atoms with Crippen molar-refractivity contribution in [2.45, 2.75) is 12.3 Å². The van der Waals surface area contributed by atoms with Crippen LogP contribution < -0.4 is 9.64 Å². The number of halogens is 1. The molecule has 0 bridgehead atoms. The standard InChI is InChI=1S/C10H14ClN3O/c1-7-4-14(5-8(7)11)10-9(15-2)3-12-6-13-10/h3,6-8H,4-5H2,1-2H3. The number of hydrogen-bond acceptors (Lipinski definition) is 4. The van der Waals surface area contributed by atoms with E-state index in [2.05, 4.69) is 21.8 Å². The van der Waals surface area contributed by atoms with Crippen molar-refractivity contribution in [1.82, 2.24) is 9.97 Å². The van der Waals surface area contributed by atoms with Crippen molar-refractivity contribution in [1.29, 1.82) is 0 Å². The summed E-state index contributed by atoms with van der Waals surface area (Å²) in [5.41, 5.74) is 0. The van der Waals surface area contributed by atoms with Crippen LogP contribution >= 0.6 is 11.6 Å². The zero-order valence-corrected chi connectivity index (χ0v) is 9.61. The summed E-state index contributed by atoms with van der Waals surface area (Å²) >= 11 is 6.18. The molecule has 1 aromatic rings. The Labute approximate surface area is 94.2 Å². The summed E-state index contributed by atoms with van der Waals surface area (Å²) in [5.74, 6) is 2.02. The highest BCUT2D eigenvalue weighted by atomic mass is 35.5. The molecule has 1 aliphatic heterocycles. The molecular weight excluding hydrogens is 214 g/mol. The summed E-state index contributed by atoms with van der Waals surface area (Å²) < 4.78 is 5.22. The number of aromatic nitrogens is 2. The molecule has 0 aromatic carbocycles. The third-order valence-corrected chi connectivity index (χ3v) is 3.27. The lowest BCUT2D eigenvalue weighted by Crippen LogP contribution is -2.21. The van der Waals surface area contributed by atoms with Gasteiger partial charge in [0.25, 0.3) is 0 Å². The zero-order chi connectivity index (χ0) is 10.8. The van der Waals surface area contributed by atoms with Gasteiger partial charge in [-0.2, -0.15) is 0 Å². The maximum absolute atomic E-state index is 6.18. The fourth-order valence-corrected chi connectivity index (χ4v) is 2.04. The number of hydrogen-bond donors (Lipinski definition) is 0. The summed E-state index contributed by atoms with van der Waals surface area (Å²) in [6.45, 7) is 3.88. The maximum Gasteiger partial charge on any atom is 0.179 e. The van der Waals surface area contributed by atoms with Crippen molar-refractivity contribution in [2.75, 3.05) is 25.1 Å². The van der Waals surface area contributed by atoms with Crippen LogP contribution in [-0.2, 0) is 0 Å². The molecule has 15 heavy (non-hydrogen) atoms. The lowest BCUT2D eigenvalue weighted by atomic mass is 10.2. The van der Waals surface area contributed by atoms with Crippen LogP contribution in [0.4, 0.5) is 5.82 Å². The predicted molar refractivity (Wildman–Crippen MR) is 59.6 cm³/mol. The van der Waals surface area contributed by atoms with E-state index in [1.165, 1.54) is 6.33 Å². The Hall–Kier alpha value is -1.03. The molecule has 4 nitrogen and oxygen atoms in total. The van der Waals surface area contributed by atoms with Crippen LogP contribution in [0.5, 0.6) is 5.75 Å². The van der Waals surface area contributed by atoms with E-state index in [4.69, 9.17) is 16.3 Å². The second-order valence-electron chi connectivity index (χ2n) is 3.81. The van der Waals surface area contributed by atoms with Gasteiger partial charge in [-0.3, -0.25) is 0 Å². The van der Waals surface area contributed by atoms with Crippen LogP contribution in [-0.4, -0.2) is 35.5 Å². The molecule has 1 aromatic heterocycles. The Bertz CT molecular complexity index is 337. The number of nitrogens with zero attached hydrogens (tertiary/aromatic N) is 3. The second-order valence-corrected chi connectivity index (χ2v) is 4.37. The van der Waals surface area contributed by atoms with Gasteiger partial charge in [0, 0.05) is 13.1 Å². The van der Waals surface area contributed by atoms with Gasteiger partial charge in [-0.15, -0.1) is 11.6 Å². The quantitative estimate of drug-likeness (QED) is 0.719. The van der Waals surface area contributed by atoms with Crippen LogP contribution in [0.3, 0.4) is 0 Å². The number of ether oxygens (including phenoxy) is 1. The third kappa shape index (κ3) is 2.00. The van der Waals surface area contributed by atoms with Gasteiger partial charge in [0.1, 0.15) is 6.33 Å². The van der Waals surface area contributed by atoms with E-state index in [0.717, 1.165) is 18.9 Å². The molecule has 0 saturated carbocycles. The summed E-state index contributed by atoms with van der Waals surface area (Å²) in [5, 5.41) is 0.185. The van der Waals surface area contributed by atoms with E-state index in [9.17, 15) is 0 Å². The first-order valence-electron chi connectivity index (χ1n) is 4.95. The van der Waals surface area contributed by atoms with E-state index in [0.29, 0.717) is 11.7 Å². The number of anilines is 1. The van der Waals surface area contributed by atoms with Gasteiger partial charge < -0.3 is 9.64 Å². The van der Waals surface area contributed by atoms with Gasteiger partial charge in [-0.1, -0.05) is 6.92 Å². The van der Waals surface area contributed by atoms with E-state index in [1.54, 1.807) is 13.3 Å². The normalized spacial score (nSPS) is 25.7. The smallest absolute Gasteiger partial charge is 0.179 e. The van der Waals surface area contributed by atoms with Crippen LogP contribution in [0.2, 0.25) is 0 Å². The van der Waals surface area contributed by atoms with Crippen molar-refractivity contribution in [3.8, 4) is 5.75 Å². The number of methoxy groups -OCH3 is 1. The highest BCUT2D eigenvalue weighted by Gasteiger charge is 2.30. The SMILES string of the molecule is COc1cncnc1N1CC(C)C(Cl)C1. The molecule has 0 aliphatic carbocycles. The van der Waals surface area contributed by atoms with Gasteiger partial charge in [-0.25, -0.2) is 9.97 Å². The van der Waals surface area contributed by atoms with Gasteiger partial charge in [0.15, 0.2) is 11.6 Å². The van der Waals surface area contributed by atoms with Gasteiger partial charge in [0.05, 0.1) is 18.7 Å². The summed E-state index contributed by atoms with van der Waals surface area (Å²) in [4.78, 5) is 10.3. The Balaban J connectivity index is 2.23. The first kappa shape index (κ1) is 10.5. The fraction of sp³-hybridized carbons (Fsp3) is 0.600. The molecular formula is C10H14ClN3O. The Morgan fingerprint density at radius 1 is 1.53 bits per heavy atom. The highest BCUT2D eigenvalue weighted by Crippen LogP contribution is 2.30. The van der Waals surface area contributed by atoms with Gasteiger partial charge in [0.2, 0.25) is 0 Å². The third-order valence-electron chi connectivity index (χ3n) is 2.70. The van der Waals surface area contributed by atoms with E-state index < -0.39 is 0 Å². The topological polar surface area (TPSA) is 38.3 Å². The average molecular weight is 228 g/mol. The molecule has 2 heterocycles. The molecule has 2 atom stereocenters. The Morgan fingerprint density at radius 2 is 2.33 bits per heavy atom. The molecule has 0 radical (unpaired) electrons. The molecule has 1 aliphatic rings. The molecule has 5 heteroatoms. The molecule has 1 fully saturated rings. The summed E-state index contributed by atoms with van der Waals surface area (Å²) in [6, 6.07) is 0. The van der Waals surface area contributed by atoms with Crippen LogP contribution in [0, 0.1) is 5.92 Å². The minimum Gasteiger partial charge on any atom is -0.491 e. The average Bonchev–Trinajstić information content (AvgIpc) is 2.59. The van der Waals surface area contributed by atoms with E-state index in [1.807, 2.05) is 0 Å². The molecule has 0 N–H and O–H groups in total. The maximum atomic E-state index is 6.18. The fourth-order valence-electron chi connectivity index (χ4n) is 1.79. The van der Waals surface area contributed by atoms with Crippen LogP contribution in [0.1, 0.15) is 6.92 Å². The lowest BCUT2D eigenvalue weighted by Gasteiger charge is -2.18. The van der Waals surface area contributed by atoms with Gasteiger partial charge >= 0.3 is 0 Å².